The van der Waals surface area contributed by atoms with Crippen LogP contribution in [0.1, 0.15) is 44.0 Å². The zero-order valence-corrected chi connectivity index (χ0v) is 18.6. The second kappa shape index (κ2) is 9.64. The number of amides is 1. The summed E-state index contributed by atoms with van der Waals surface area (Å²) in [7, 11) is 0. The SMILES string of the molecule is CC(C)NC(=O)O[C@H]1CC[C@@H](c2cc(Nc3ncc(F)c4nc(COC(F)(F)F)cn34)n[nH]2)[C@@H]1F. The number of hydrogen-bond acceptors (Lipinski definition) is 7. The van der Waals surface area contributed by atoms with Crippen LogP contribution in [0.3, 0.4) is 0 Å². The van der Waals surface area contributed by atoms with Crippen molar-refractivity contribution in [2.75, 3.05) is 5.32 Å². The van der Waals surface area contributed by atoms with Crippen molar-refractivity contribution in [3.63, 3.8) is 0 Å². The molecule has 0 radical (unpaired) electrons. The number of rotatable bonds is 7. The highest BCUT2D eigenvalue weighted by Crippen LogP contribution is 2.38. The average Bonchev–Trinajstić information content (AvgIpc) is 3.47. The van der Waals surface area contributed by atoms with E-state index in [9.17, 15) is 26.7 Å². The Kier molecular flexibility index (Phi) is 6.78. The molecule has 1 saturated carbocycles. The second-order valence-electron chi connectivity index (χ2n) is 8.29. The number of nitrogens with zero attached hydrogens (tertiary/aromatic N) is 4. The van der Waals surface area contributed by atoms with Gasteiger partial charge >= 0.3 is 12.5 Å². The molecule has 3 N–H and O–H groups in total. The molecule has 0 saturated heterocycles. The minimum atomic E-state index is -4.87. The van der Waals surface area contributed by atoms with Crippen molar-refractivity contribution >= 4 is 23.5 Å². The van der Waals surface area contributed by atoms with Crippen molar-refractivity contribution in [3.8, 4) is 0 Å². The lowest BCUT2D eigenvalue weighted by atomic mass is 10.0. The smallest absolute Gasteiger partial charge is 0.443 e. The number of anilines is 2. The number of alkyl halides is 4. The van der Waals surface area contributed by atoms with Crippen LogP contribution in [0.25, 0.3) is 5.65 Å². The van der Waals surface area contributed by atoms with Crippen molar-refractivity contribution in [2.45, 2.75) is 63.9 Å². The molecule has 3 aromatic heterocycles. The van der Waals surface area contributed by atoms with Crippen molar-refractivity contribution in [1.29, 1.82) is 0 Å². The van der Waals surface area contributed by atoms with Crippen LogP contribution in [0, 0.1) is 5.82 Å². The number of alkyl carbamates (subject to hydrolysis) is 1. The Morgan fingerprint density at radius 3 is 2.83 bits per heavy atom. The Labute approximate surface area is 195 Å². The average molecular weight is 503 g/mol. The Balaban J connectivity index is 1.46. The fraction of sp³-hybridized carbons (Fsp3) is 0.500. The van der Waals surface area contributed by atoms with E-state index >= 15 is 0 Å². The van der Waals surface area contributed by atoms with Gasteiger partial charge in [-0.05, 0) is 26.7 Å². The predicted molar refractivity (Wildman–Crippen MR) is 111 cm³/mol. The number of imidazole rings is 1. The Morgan fingerprint density at radius 1 is 1.34 bits per heavy atom. The zero-order chi connectivity index (χ0) is 25.3. The van der Waals surface area contributed by atoms with E-state index in [-0.39, 0.29) is 29.1 Å². The van der Waals surface area contributed by atoms with Gasteiger partial charge in [0.1, 0.15) is 12.3 Å². The number of fused-ring (bicyclic) bond motifs is 1. The summed E-state index contributed by atoms with van der Waals surface area (Å²) in [6.45, 7) is 2.61. The van der Waals surface area contributed by atoms with Gasteiger partial charge in [0.25, 0.3) is 0 Å². The summed E-state index contributed by atoms with van der Waals surface area (Å²) >= 11 is 0. The maximum absolute atomic E-state index is 15.0. The van der Waals surface area contributed by atoms with Crippen LogP contribution in [0.2, 0.25) is 0 Å². The first-order valence-corrected chi connectivity index (χ1v) is 10.7. The lowest BCUT2D eigenvalue weighted by molar-refractivity contribution is -0.330. The number of aromatic nitrogens is 5. The third-order valence-electron chi connectivity index (χ3n) is 5.29. The molecule has 0 bridgehead atoms. The summed E-state index contributed by atoms with van der Waals surface area (Å²) in [6.07, 6.45) is -5.18. The number of halogens is 5. The maximum atomic E-state index is 15.0. The largest absolute Gasteiger partial charge is 0.522 e. The highest BCUT2D eigenvalue weighted by molar-refractivity contribution is 5.67. The second-order valence-corrected chi connectivity index (χ2v) is 8.29. The summed E-state index contributed by atoms with van der Waals surface area (Å²) < 4.78 is 76.0. The standard InChI is InChI=1S/C20H22F5N7O3/c1-9(2)27-19(33)35-14-4-3-11(16(14)22)13-5-15(31-30-13)29-18-26-6-12(21)17-28-10(7-32(17)18)8-34-20(23,24)25/h5-7,9,11,14,16H,3-4,8H2,1-2H3,(H,27,33)(H2,26,29,30,31)/t11-,14-,16-/m0/s1. The summed E-state index contributed by atoms with van der Waals surface area (Å²) in [6, 6.07) is 1.38. The first-order chi connectivity index (χ1) is 16.5. The molecular weight excluding hydrogens is 481 g/mol. The molecule has 10 nitrogen and oxygen atoms in total. The van der Waals surface area contributed by atoms with Crippen LogP contribution < -0.4 is 10.6 Å². The molecule has 1 aliphatic carbocycles. The molecule has 1 amide bonds. The van der Waals surface area contributed by atoms with E-state index in [1.165, 1.54) is 6.07 Å². The predicted octanol–water partition coefficient (Wildman–Crippen LogP) is 4.09. The zero-order valence-electron chi connectivity index (χ0n) is 18.6. The molecule has 0 aromatic carbocycles. The molecule has 190 valence electrons. The van der Waals surface area contributed by atoms with Crippen molar-refractivity contribution < 1.29 is 36.2 Å². The molecule has 35 heavy (non-hydrogen) atoms. The number of ether oxygens (including phenoxy) is 2. The summed E-state index contributed by atoms with van der Waals surface area (Å²) in [5.41, 5.74) is 0.00991. The number of aromatic amines is 1. The quantitative estimate of drug-likeness (QED) is 0.416. The molecular formula is C20H22F5N7O3. The van der Waals surface area contributed by atoms with Crippen LogP contribution in [0.5, 0.6) is 0 Å². The van der Waals surface area contributed by atoms with Gasteiger partial charge in [-0.2, -0.15) is 5.10 Å². The van der Waals surface area contributed by atoms with E-state index in [2.05, 4.69) is 35.5 Å². The molecule has 3 aromatic rings. The fourth-order valence-corrected chi connectivity index (χ4v) is 3.80. The van der Waals surface area contributed by atoms with Gasteiger partial charge in [-0.1, -0.05) is 0 Å². The molecule has 0 unspecified atom stereocenters. The van der Waals surface area contributed by atoms with Gasteiger partial charge in [0, 0.05) is 29.9 Å². The molecule has 4 rings (SSSR count). The first-order valence-electron chi connectivity index (χ1n) is 10.7. The topological polar surface area (TPSA) is 118 Å². The molecule has 3 heterocycles. The minimum absolute atomic E-state index is 0.0139. The Hall–Kier alpha value is -3.49. The van der Waals surface area contributed by atoms with Crippen LogP contribution >= 0.6 is 0 Å². The molecule has 0 spiro atoms. The third kappa shape index (κ3) is 5.78. The van der Waals surface area contributed by atoms with Gasteiger partial charge in [-0.25, -0.2) is 23.5 Å². The van der Waals surface area contributed by atoms with E-state index in [1.807, 2.05) is 0 Å². The van der Waals surface area contributed by atoms with Gasteiger partial charge in [-0.15, -0.1) is 13.2 Å². The van der Waals surface area contributed by atoms with Crippen LogP contribution in [-0.4, -0.2) is 55.3 Å². The van der Waals surface area contributed by atoms with Gasteiger partial charge in [0.2, 0.25) is 5.95 Å². The molecule has 1 aliphatic rings. The Morgan fingerprint density at radius 2 is 2.11 bits per heavy atom. The fourth-order valence-electron chi connectivity index (χ4n) is 3.80. The lowest BCUT2D eigenvalue weighted by Crippen LogP contribution is -2.36. The van der Waals surface area contributed by atoms with E-state index < -0.39 is 43.1 Å². The lowest BCUT2D eigenvalue weighted by Gasteiger charge is -2.18. The highest BCUT2D eigenvalue weighted by Gasteiger charge is 2.41. The van der Waals surface area contributed by atoms with E-state index in [4.69, 9.17) is 4.74 Å². The van der Waals surface area contributed by atoms with Gasteiger partial charge in [-0.3, -0.25) is 14.2 Å². The van der Waals surface area contributed by atoms with E-state index in [0.29, 0.717) is 18.5 Å². The van der Waals surface area contributed by atoms with Gasteiger partial charge in [0.05, 0.1) is 18.5 Å². The van der Waals surface area contributed by atoms with Crippen LogP contribution in [0.4, 0.5) is 38.5 Å². The summed E-state index contributed by atoms with van der Waals surface area (Å²) in [4.78, 5) is 19.5. The van der Waals surface area contributed by atoms with Crippen LogP contribution in [0.15, 0.2) is 18.5 Å². The van der Waals surface area contributed by atoms with Gasteiger partial charge in [0.15, 0.2) is 17.3 Å². The molecule has 15 heteroatoms. The molecule has 1 fully saturated rings. The van der Waals surface area contributed by atoms with E-state index in [0.717, 1.165) is 16.8 Å². The number of carbonyl (C=O) groups is 1. The number of nitrogens with one attached hydrogen (secondary N) is 3. The third-order valence-corrected chi connectivity index (χ3v) is 5.29. The normalized spacial score (nSPS) is 20.5. The number of carbonyl (C=O) groups excluding carboxylic acids is 1. The van der Waals surface area contributed by atoms with Crippen molar-refractivity contribution in [3.05, 3.63) is 35.7 Å². The van der Waals surface area contributed by atoms with Crippen LogP contribution in [-0.2, 0) is 16.1 Å². The van der Waals surface area contributed by atoms with Crippen molar-refractivity contribution in [1.82, 2.24) is 29.9 Å². The van der Waals surface area contributed by atoms with E-state index in [1.54, 1.807) is 13.8 Å². The first kappa shape index (κ1) is 24.6. The van der Waals surface area contributed by atoms with Crippen molar-refractivity contribution in [2.24, 2.45) is 0 Å². The molecule has 3 atom stereocenters. The monoisotopic (exact) mass is 503 g/mol. The van der Waals surface area contributed by atoms with Gasteiger partial charge < -0.3 is 15.4 Å². The summed E-state index contributed by atoms with van der Waals surface area (Å²) in [5.74, 6) is -1.23. The summed E-state index contributed by atoms with van der Waals surface area (Å²) in [5, 5.41) is 12.1. The molecule has 0 aliphatic heterocycles. The Bertz CT molecular complexity index is 1200. The number of H-pyrrole nitrogens is 1. The number of hydrogen-bond donors (Lipinski definition) is 3. The highest BCUT2D eigenvalue weighted by atomic mass is 19.4. The minimum Gasteiger partial charge on any atom is -0.443 e. The maximum Gasteiger partial charge on any atom is 0.522 e.